The summed E-state index contributed by atoms with van der Waals surface area (Å²) in [6, 6.07) is 10.3. The monoisotopic (exact) mass is 269 g/mol. The highest BCUT2D eigenvalue weighted by Crippen LogP contribution is 2.24. The molecule has 0 radical (unpaired) electrons. The minimum absolute atomic E-state index is 0.0373. The molecule has 3 rings (SSSR count). The molecule has 0 atom stereocenters. The molecule has 0 saturated heterocycles. The molecule has 20 heavy (non-hydrogen) atoms. The largest absolute Gasteiger partial charge is 0.506 e. The molecule has 1 N–H and O–H groups in total. The third kappa shape index (κ3) is 2.21. The second-order valence-corrected chi connectivity index (χ2v) is 4.20. The minimum atomic E-state index is -0.621. The van der Waals surface area contributed by atoms with Gasteiger partial charge in [-0.3, -0.25) is 4.99 Å². The van der Waals surface area contributed by atoms with Crippen LogP contribution in [0.3, 0.4) is 0 Å². The van der Waals surface area contributed by atoms with Gasteiger partial charge in [0.2, 0.25) is 0 Å². The standard InChI is InChI=1S/C15H11NO4/c17-14-11-5-1-2-6-13(11)20-15(18)12(14)9-16-8-10-4-3-7-19-10/h1-7,9,17H,8H2. The van der Waals surface area contributed by atoms with Gasteiger partial charge in [-0.15, -0.1) is 0 Å². The van der Waals surface area contributed by atoms with Crippen LogP contribution in [0.4, 0.5) is 0 Å². The minimum Gasteiger partial charge on any atom is -0.506 e. The number of rotatable bonds is 3. The first kappa shape index (κ1) is 12.2. The van der Waals surface area contributed by atoms with E-state index < -0.39 is 5.63 Å². The number of hydrogen-bond donors (Lipinski definition) is 1. The predicted molar refractivity (Wildman–Crippen MR) is 74.2 cm³/mol. The lowest BCUT2D eigenvalue weighted by Crippen LogP contribution is -2.07. The Labute approximate surface area is 113 Å². The van der Waals surface area contributed by atoms with Crippen LogP contribution in [0.1, 0.15) is 11.3 Å². The van der Waals surface area contributed by atoms with E-state index in [2.05, 4.69) is 4.99 Å². The maximum absolute atomic E-state index is 11.8. The maximum Gasteiger partial charge on any atom is 0.348 e. The fourth-order valence-corrected chi connectivity index (χ4v) is 1.89. The summed E-state index contributed by atoms with van der Waals surface area (Å²) in [6.07, 6.45) is 2.85. The lowest BCUT2D eigenvalue weighted by Gasteiger charge is -2.01. The smallest absolute Gasteiger partial charge is 0.348 e. The molecule has 5 heteroatoms. The number of furan rings is 1. The average Bonchev–Trinajstić information content (AvgIpc) is 2.96. The lowest BCUT2D eigenvalue weighted by atomic mass is 10.1. The van der Waals surface area contributed by atoms with E-state index in [-0.39, 0.29) is 11.3 Å². The zero-order valence-corrected chi connectivity index (χ0v) is 10.4. The number of benzene rings is 1. The van der Waals surface area contributed by atoms with Crippen molar-refractivity contribution < 1.29 is 13.9 Å². The molecule has 2 aromatic heterocycles. The van der Waals surface area contributed by atoms with Crippen molar-refractivity contribution in [2.24, 2.45) is 4.99 Å². The lowest BCUT2D eigenvalue weighted by molar-refractivity contribution is 0.466. The van der Waals surface area contributed by atoms with Gasteiger partial charge in [0.05, 0.1) is 18.2 Å². The van der Waals surface area contributed by atoms with Crippen LogP contribution >= 0.6 is 0 Å². The molecule has 0 fully saturated rings. The Morgan fingerprint density at radius 1 is 1.20 bits per heavy atom. The number of aromatic hydroxyl groups is 1. The zero-order chi connectivity index (χ0) is 13.9. The highest BCUT2D eigenvalue weighted by atomic mass is 16.4. The first-order chi connectivity index (χ1) is 9.75. The van der Waals surface area contributed by atoms with E-state index in [1.807, 2.05) is 0 Å². The van der Waals surface area contributed by atoms with Crippen LogP contribution in [0.5, 0.6) is 5.75 Å². The van der Waals surface area contributed by atoms with Crippen molar-refractivity contribution in [1.29, 1.82) is 0 Å². The molecule has 3 aromatic rings. The van der Waals surface area contributed by atoms with Crippen LogP contribution in [-0.2, 0) is 6.54 Å². The fourth-order valence-electron chi connectivity index (χ4n) is 1.89. The summed E-state index contributed by atoms with van der Waals surface area (Å²) in [4.78, 5) is 15.9. The summed E-state index contributed by atoms with van der Waals surface area (Å²) in [7, 11) is 0. The summed E-state index contributed by atoms with van der Waals surface area (Å²) in [5.74, 6) is 0.547. The van der Waals surface area contributed by atoms with Crippen LogP contribution in [0, 0.1) is 0 Å². The van der Waals surface area contributed by atoms with Gasteiger partial charge >= 0.3 is 5.63 Å². The van der Waals surface area contributed by atoms with E-state index in [0.717, 1.165) is 0 Å². The van der Waals surface area contributed by atoms with Crippen molar-refractivity contribution in [3.05, 3.63) is 64.4 Å². The van der Waals surface area contributed by atoms with E-state index in [1.54, 1.807) is 42.7 Å². The Kier molecular flexibility index (Phi) is 3.09. The number of hydrogen-bond acceptors (Lipinski definition) is 5. The number of para-hydroxylation sites is 1. The van der Waals surface area contributed by atoms with Crippen molar-refractivity contribution in [3.63, 3.8) is 0 Å². The molecule has 0 amide bonds. The summed E-state index contributed by atoms with van der Waals surface area (Å²) in [5.41, 5.74) is -0.238. The van der Waals surface area contributed by atoms with E-state index in [1.165, 1.54) is 6.21 Å². The molecule has 0 bridgehead atoms. The molecule has 100 valence electrons. The van der Waals surface area contributed by atoms with Gasteiger partial charge in [-0.1, -0.05) is 12.1 Å². The van der Waals surface area contributed by atoms with Crippen molar-refractivity contribution in [2.75, 3.05) is 0 Å². The topological polar surface area (TPSA) is 75.9 Å². The Morgan fingerprint density at radius 3 is 2.85 bits per heavy atom. The van der Waals surface area contributed by atoms with E-state index in [0.29, 0.717) is 23.3 Å². The number of aliphatic imine (C=N–C) groups is 1. The highest BCUT2D eigenvalue weighted by molar-refractivity contribution is 5.93. The second-order valence-electron chi connectivity index (χ2n) is 4.20. The molecular weight excluding hydrogens is 258 g/mol. The average molecular weight is 269 g/mol. The van der Waals surface area contributed by atoms with Crippen molar-refractivity contribution in [1.82, 2.24) is 0 Å². The molecule has 0 aliphatic carbocycles. The van der Waals surface area contributed by atoms with Crippen LogP contribution in [0.15, 0.2) is 61.3 Å². The van der Waals surface area contributed by atoms with Crippen molar-refractivity contribution in [3.8, 4) is 5.75 Å². The van der Waals surface area contributed by atoms with E-state index in [4.69, 9.17) is 8.83 Å². The molecule has 2 heterocycles. The van der Waals surface area contributed by atoms with Gasteiger partial charge < -0.3 is 13.9 Å². The summed E-state index contributed by atoms with van der Waals surface area (Å²) >= 11 is 0. The van der Waals surface area contributed by atoms with Gasteiger partial charge in [0.1, 0.15) is 22.7 Å². The van der Waals surface area contributed by atoms with Gasteiger partial charge in [0.25, 0.3) is 0 Å². The molecule has 0 saturated carbocycles. The van der Waals surface area contributed by atoms with Gasteiger partial charge in [0, 0.05) is 6.21 Å². The third-order valence-corrected chi connectivity index (χ3v) is 2.87. The zero-order valence-electron chi connectivity index (χ0n) is 10.4. The summed E-state index contributed by atoms with van der Waals surface area (Å²) in [5, 5.41) is 10.6. The summed E-state index contributed by atoms with van der Waals surface area (Å²) < 4.78 is 10.3. The predicted octanol–water partition coefficient (Wildman–Crippen LogP) is 2.71. The highest BCUT2D eigenvalue weighted by Gasteiger charge is 2.11. The number of nitrogens with zero attached hydrogens (tertiary/aromatic N) is 1. The molecule has 1 aromatic carbocycles. The summed E-state index contributed by atoms with van der Waals surface area (Å²) in [6.45, 7) is 0.290. The molecule has 0 spiro atoms. The molecule has 0 unspecified atom stereocenters. The van der Waals surface area contributed by atoms with Crippen LogP contribution in [0.2, 0.25) is 0 Å². The van der Waals surface area contributed by atoms with Gasteiger partial charge in [-0.2, -0.15) is 0 Å². The third-order valence-electron chi connectivity index (χ3n) is 2.87. The normalized spacial score (nSPS) is 11.4. The van der Waals surface area contributed by atoms with E-state index in [9.17, 15) is 9.90 Å². The van der Waals surface area contributed by atoms with Crippen LogP contribution < -0.4 is 5.63 Å². The Hall–Kier alpha value is -2.82. The van der Waals surface area contributed by atoms with Crippen molar-refractivity contribution in [2.45, 2.75) is 6.54 Å². The SMILES string of the molecule is O=c1oc2ccccc2c(O)c1C=NCc1ccco1. The Bertz CT molecular complexity index is 816. The molecule has 0 aliphatic rings. The quantitative estimate of drug-likeness (QED) is 0.586. The maximum atomic E-state index is 11.8. The van der Waals surface area contributed by atoms with Crippen LogP contribution in [0.25, 0.3) is 11.0 Å². The molecule has 5 nitrogen and oxygen atoms in total. The fraction of sp³-hybridized carbons (Fsp3) is 0.0667. The van der Waals surface area contributed by atoms with Crippen LogP contribution in [-0.4, -0.2) is 11.3 Å². The first-order valence-corrected chi connectivity index (χ1v) is 6.03. The van der Waals surface area contributed by atoms with Gasteiger partial charge in [-0.05, 0) is 24.3 Å². The van der Waals surface area contributed by atoms with Gasteiger partial charge in [-0.25, -0.2) is 4.79 Å². The molecular formula is C15H11NO4. The van der Waals surface area contributed by atoms with Gasteiger partial charge in [0.15, 0.2) is 0 Å². The molecule has 0 aliphatic heterocycles. The number of fused-ring (bicyclic) bond motifs is 1. The Morgan fingerprint density at radius 2 is 2.05 bits per heavy atom. The Balaban J connectivity index is 1.99. The van der Waals surface area contributed by atoms with E-state index >= 15 is 0 Å². The first-order valence-electron chi connectivity index (χ1n) is 6.03. The second kappa shape index (κ2) is 5.05. The van der Waals surface area contributed by atoms with Crippen molar-refractivity contribution >= 4 is 17.2 Å².